The first-order valence-corrected chi connectivity index (χ1v) is 21.5. The van der Waals surface area contributed by atoms with Gasteiger partial charge in [-0.1, -0.05) is 130 Å². The molecule has 0 N–H and O–H groups in total. The Labute approximate surface area is 310 Å². The summed E-state index contributed by atoms with van der Waals surface area (Å²) in [5.74, 6) is 0.0986. The second-order valence-corrected chi connectivity index (χ2v) is 15.1. The fourth-order valence-electron chi connectivity index (χ4n) is 6.60. The smallest absolute Gasteiger partial charge is 0.308 e. The third-order valence-corrected chi connectivity index (χ3v) is 10.1. The highest BCUT2D eigenvalue weighted by atomic mass is 16.5. The van der Waals surface area contributed by atoms with Crippen molar-refractivity contribution in [3.63, 3.8) is 0 Å². The molecule has 7 nitrogen and oxygen atoms in total. The van der Waals surface area contributed by atoms with Gasteiger partial charge >= 0.3 is 17.9 Å². The topological polar surface area (TPSA) is 82.1 Å². The monoisotopic (exact) mass is 710 g/mol. The Bertz CT molecular complexity index is 737. The van der Waals surface area contributed by atoms with Gasteiger partial charge in [-0.2, -0.15) is 0 Å². The Balaban J connectivity index is 4.16. The lowest BCUT2D eigenvalue weighted by Crippen LogP contribution is -2.20. The highest BCUT2D eigenvalue weighted by Crippen LogP contribution is 2.20. The molecule has 2 unspecified atom stereocenters. The van der Waals surface area contributed by atoms with E-state index >= 15 is 0 Å². The summed E-state index contributed by atoms with van der Waals surface area (Å²) in [4.78, 5) is 39.3. The van der Waals surface area contributed by atoms with Crippen molar-refractivity contribution in [3.8, 4) is 0 Å². The molecule has 7 heteroatoms. The summed E-state index contributed by atoms with van der Waals surface area (Å²) >= 11 is 0. The standard InChI is InChI=1S/C43H83NO6/c1-7-11-23-30-38(9-3)42(46)48-36-27-21-17-13-15-19-25-32-40(50-41(45)34-29-35-44(5)6)33-26-20-16-14-18-22-28-37-49-43(47)39(10-4)31-24-12-8-2/h38-40H,7-37H2,1-6H3. The van der Waals surface area contributed by atoms with Gasteiger partial charge in [0, 0.05) is 6.42 Å². The summed E-state index contributed by atoms with van der Waals surface area (Å²) < 4.78 is 17.1. The zero-order chi connectivity index (χ0) is 37.1. The molecule has 0 saturated heterocycles. The number of hydrogen-bond acceptors (Lipinski definition) is 7. The largest absolute Gasteiger partial charge is 0.465 e. The van der Waals surface area contributed by atoms with Gasteiger partial charge in [0.1, 0.15) is 6.10 Å². The second kappa shape index (κ2) is 35.8. The van der Waals surface area contributed by atoms with Crippen LogP contribution in [0.4, 0.5) is 0 Å². The molecule has 50 heavy (non-hydrogen) atoms. The van der Waals surface area contributed by atoms with Crippen molar-refractivity contribution in [1.29, 1.82) is 0 Å². The number of hydrogen-bond donors (Lipinski definition) is 0. The highest BCUT2D eigenvalue weighted by molar-refractivity contribution is 5.72. The molecule has 0 rings (SSSR count). The SMILES string of the molecule is CCCCCC(CC)C(=O)OCCCCCCCCCC(CCCCCCCCCOC(=O)C(CC)CCCCC)OC(=O)CCCN(C)C. The molecule has 0 amide bonds. The number of nitrogens with zero attached hydrogens (tertiary/aromatic N) is 1. The fourth-order valence-corrected chi connectivity index (χ4v) is 6.60. The number of carbonyl (C=O) groups excluding carboxylic acids is 3. The quantitative estimate of drug-likeness (QED) is 0.0361. The van der Waals surface area contributed by atoms with Crippen LogP contribution in [0.15, 0.2) is 0 Å². The number of esters is 3. The van der Waals surface area contributed by atoms with E-state index in [1.165, 1.54) is 77.0 Å². The Morgan fingerprint density at radius 1 is 0.480 bits per heavy atom. The molecule has 2 atom stereocenters. The van der Waals surface area contributed by atoms with Gasteiger partial charge in [0.25, 0.3) is 0 Å². The maximum Gasteiger partial charge on any atom is 0.308 e. The van der Waals surface area contributed by atoms with Gasteiger partial charge in [0.2, 0.25) is 0 Å². The number of unbranched alkanes of at least 4 members (excludes halogenated alkanes) is 16. The molecular formula is C43H83NO6. The van der Waals surface area contributed by atoms with Crippen LogP contribution < -0.4 is 0 Å². The van der Waals surface area contributed by atoms with E-state index in [1.807, 2.05) is 14.1 Å². The molecule has 0 bridgehead atoms. The lowest BCUT2D eigenvalue weighted by molar-refractivity contribution is -0.150. The normalized spacial score (nSPS) is 13.3. The van der Waals surface area contributed by atoms with E-state index in [0.29, 0.717) is 19.6 Å². The van der Waals surface area contributed by atoms with Crippen LogP contribution in [0.1, 0.15) is 207 Å². The van der Waals surface area contributed by atoms with Crippen molar-refractivity contribution < 1.29 is 28.6 Å². The van der Waals surface area contributed by atoms with Gasteiger partial charge in [-0.05, 0) is 91.3 Å². The molecule has 0 aromatic rings. The number of ether oxygens (including phenoxy) is 3. The van der Waals surface area contributed by atoms with E-state index in [-0.39, 0.29) is 35.8 Å². The predicted octanol–water partition coefficient (Wildman–Crippen LogP) is 11.8. The molecule has 0 fully saturated rings. The Morgan fingerprint density at radius 3 is 1.24 bits per heavy atom. The van der Waals surface area contributed by atoms with Crippen LogP contribution >= 0.6 is 0 Å². The maximum atomic E-state index is 12.6. The average Bonchev–Trinajstić information content (AvgIpc) is 3.09. The third kappa shape index (κ3) is 30.0. The molecule has 0 aromatic heterocycles. The van der Waals surface area contributed by atoms with Gasteiger partial charge in [0.05, 0.1) is 25.0 Å². The lowest BCUT2D eigenvalue weighted by atomic mass is 9.99. The van der Waals surface area contributed by atoms with E-state index in [1.54, 1.807) is 0 Å². The van der Waals surface area contributed by atoms with Crippen LogP contribution in [-0.4, -0.2) is 62.8 Å². The molecule has 0 aliphatic carbocycles. The van der Waals surface area contributed by atoms with Gasteiger partial charge < -0.3 is 19.1 Å². The molecule has 0 heterocycles. The number of rotatable bonds is 37. The van der Waals surface area contributed by atoms with E-state index < -0.39 is 0 Å². The molecule has 0 aliphatic rings. The summed E-state index contributed by atoms with van der Waals surface area (Å²) in [5, 5.41) is 0. The van der Waals surface area contributed by atoms with E-state index in [0.717, 1.165) is 103 Å². The van der Waals surface area contributed by atoms with Crippen LogP contribution in [0.3, 0.4) is 0 Å². The van der Waals surface area contributed by atoms with Crippen molar-refractivity contribution >= 4 is 17.9 Å². The minimum absolute atomic E-state index is 0.00108. The average molecular weight is 710 g/mol. The van der Waals surface area contributed by atoms with Crippen molar-refractivity contribution in [2.75, 3.05) is 33.9 Å². The minimum Gasteiger partial charge on any atom is -0.465 e. The first kappa shape index (κ1) is 48.4. The summed E-state index contributed by atoms with van der Waals surface area (Å²) in [7, 11) is 4.07. The van der Waals surface area contributed by atoms with Crippen LogP contribution in [-0.2, 0) is 28.6 Å². The van der Waals surface area contributed by atoms with Crippen LogP contribution in [0.5, 0.6) is 0 Å². The van der Waals surface area contributed by atoms with Crippen molar-refractivity contribution in [1.82, 2.24) is 4.90 Å². The van der Waals surface area contributed by atoms with Crippen LogP contribution in [0.25, 0.3) is 0 Å². The number of carbonyl (C=O) groups is 3. The zero-order valence-corrected chi connectivity index (χ0v) is 34.0. The molecule has 296 valence electrons. The Kier molecular flexibility index (Phi) is 34.6. The molecular weight excluding hydrogens is 626 g/mol. The molecule has 0 spiro atoms. The van der Waals surface area contributed by atoms with Crippen molar-refractivity contribution in [2.45, 2.75) is 214 Å². The Hall–Kier alpha value is -1.63. The summed E-state index contributed by atoms with van der Waals surface area (Å²) in [6.45, 7) is 10.6. The molecule has 0 aliphatic heterocycles. The van der Waals surface area contributed by atoms with Gasteiger partial charge in [0.15, 0.2) is 0 Å². The van der Waals surface area contributed by atoms with Crippen LogP contribution in [0, 0.1) is 11.8 Å². The van der Waals surface area contributed by atoms with E-state index in [9.17, 15) is 14.4 Å². The molecule has 0 radical (unpaired) electrons. The molecule has 0 aromatic carbocycles. The van der Waals surface area contributed by atoms with Gasteiger partial charge in [-0.25, -0.2) is 0 Å². The minimum atomic E-state index is -0.0457. The summed E-state index contributed by atoms with van der Waals surface area (Å²) in [6.07, 6.45) is 29.8. The van der Waals surface area contributed by atoms with Gasteiger partial charge in [-0.3, -0.25) is 14.4 Å². The van der Waals surface area contributed by atoms with E-state index in [2.05, 4.69) is 32.6 Å². The fraction of sp³-hybridized carbons (Fsp3) is 0.930. The van der Waals surface area contributed by atoms with Crippen LogP contribution in [0.2, 0.25) is 0 Å². The third-order valence-electron chi connectivity index (χ3n) is 10.1. The zero-order valence-electron chi connectivity index (χ0n) is 34.0. The van der Waals surface area contributed by atoms with Gasteiger partial charge in [-0.15, -0.1) is 0 Å². The lowest BCUT2D eigenvalue weighted by Gasteiger charge is -2.18. The summed E-state index contributed by atoms with van der Waals surface area (Å²) in [5.41, 5.74) is 0. The molecule has 0 saturated carbocycles. The first-order valence-electron chi connectivity index (χ1n) is 21.5. The predicted molar refractivity (Wildman–Crippen MR) is 209 cm³/mol. The van der Waals surface area contributed by atoms with Crippen molar-refractivity contribution in [2.24, 2.45) is 11.8 Å². The van der Waals surface area contributed by atoms with E-state index in [4.69, 9.17) is 14.2 Å². The Morgan fingerprint density at radius 2 is 0.860 bits per heavy atom. The highest BCUT2D eigenvalue weighted by Gasteiger charge is 2.18. The maximum absolute atomic E-state index is 12.6. The second-order valence-electron chi connectivity index (χ2n) is 15.1. The first-order chi connectivity index (χ1) is 24.3. The summed E-state index contributed by atoms with van der Waals surface area (Å²) in [6, 6.07) is 0. The van der Waals surface area contributed by atoms with Crippen molar-refractivity contribution in [3.05, 3.63) is 0 Å².